The molecule has 0 saturated carbocycles. The van der Waals surface area contributed by atoms with Gasteiger partial charge in [0.15, 0.2) is 0 Å². The zero-order valence-electron chi connectivity index (χ0n) is 9.97. The summed E-state index contributed by atoms with van der Waals surface area (Å²) < 4.78 is 4.93. The summed E-state index contributed by atoms with van der Waals surface area (Å²) in [4.78, 5) is 13.8. The van der Waals surface area contributed by atoms with E-state index in [0.29, 0.717) is 13.2 Å². The molecule has 0 amide bonds. The van der Waals surface area contributed by atoms with Crippen LogP contribution in [-0.2, 0) is 11.3 Å². The molecule has 0 atom stereocenters. The van der Waals surface area contributed by atoms with Crippen molar-refractivity contribution in [3.63, 3.8) is 0 Å². The third-order valence-corrected chi connectivity index (χ3v) is 3.22. The third-order valence-electron chi connectivity index (χ3n) is 2.25. The molecule has 0 fully saturated rings. The minimum atomic E-state index is -0.137. The zero-order chi connectivity index (χ0) is 12.8. The first kappa shape index (κ1) is 12.9. The van der Waals surface area contributed by atoms with Gasteiger partial charge in [0.25, 0.3) is 0 Å². The first-order valence-electron chi connectivity index (χ1n) is 5.51. The van der Waals surface area contributed by atoms with E-state index in [1.807, 2.05) is 6.07 Å². The van der Waals surface area contributed by atoms with Crippen LogP contribution in [-0.4, -0.2) is 35.4 Å². The third kappa shape index (κ3) is 3.46. The van der Waals surface area contributed by atoms with E-state index in [2.05, 4.69) is 20.5 Å². The molecule has 0 radical (unpaired) electrons. The highest BCUT2D eigenvalue weighted by Crippen LogP contribution is 2.21. The topological polar surface area (TPSA) is 79.9 Å². The minimum absolute atomic E-state index is 0.137. The van der Waals surface area contributed by atoms with E-state index in [-0.39, 0.29) is 5.56 Å². The Kier molecular flexibility index (Phi) is 4.57. The average molecular weight is 266 g/mol. The van der Waals surface area contributed by atoms with Gasteiger partial charge in [-0.3, -0.25) is 4.79 Å². The van der Waals surface area contributed by atoms with E-state index < -0.39 is 0 Å². The Morgan fingerprint density at radius 1 is 1.50 bits per heavy atom. The summed E-state index contributed by atoms with van der Waals surface area (Å²) in [6.07, 6.45) is 1.61. The maximum atomic E-state index is 11.2. The van der Waals surface area contributed by atoms with Crippen molar-refractivity contribution in [3.05, 3.63) is 33.7 Å². The summed E-state index contributed by atoms with van der Waals surface area (Å²) in [5, 5.41) is 13.0. The largest absolute Gasteiger partial charge is 0.383 e. The van der Waals surface area contributed by atoms with Crippen molar-refractivity contribution in [2.24, 2.45) is 0 Å². The molecule has 0 aliphatic carbocycles. The van der Waals surface area contributed by atoms with Crippen molar-refractivity contribution in [2.75, 3.05) is 20.3 Å². The maximum absolute atomic E-state index is 11.2. The fraction of sp³-hybridized carbons (Fsp3) is 0.364. The monoisotopic (exact) mass is 266 g/mol. The molecule has 0 aliphatic rings. The Hall–Kier alpha value is -1.57. The molecule has 0 aliphatic heterocycles. The van der Waals surface area contributed by atoms with Gasteiger partial charge in [-0.15, -0.1) is 10.2 Å². The predicted octanol–water partition coefficient (Wildman–Crippen LogP) is 0.629. The molecule has 2 rings (SSSR count). The molecule has 2 N–H and O–H groups in total. The van der Waals surface area contributed by atoms with Crippen LogP contribution in [0.2, 0.25) is 0 Å². The number of hydrogen-bond acceptors (Lipinski definition) is 6. The maximum Gasteiger partial charge on any atom is 0.248 e. The number of ether oxygens (including phenoxy) is 1. The van der Waals surface area contributed by atoms with E-state index in [0.717, 1.165) is 22.1 Å². The zero-order valence-corrected chi connectivity index (χ0v) is 10.8. The standard InChI is InChI=1S/C11H14N4O2S/c1-17-5-4-12-7-10-14-15-11(18-10)8-2-3-13-9(16)6-8/h2-3,6,12H,4-5,7H2,1H3,(H,13,16). The number of nitrogens with one attached hydrogen (secondary N) is 2. The van der Waals surface area contributed by atoms with Gasteiger partial charge in [0.1, 0.15) is 10.0 Å². The Balaban J connectivity index is 1.99. The van der Waals surface area contributed by atoms with E-state index in [4.69, 9.17) is 4.74 Å². The second-order valence-electron chi connectivity index (χ2n) is 3.61. The Morgan fingerprint density at radius 3 is 3.17 bits per heavy atom. The molecule has 7 heteroatoms. The van der Waals surface area contributed by atoms with Crippen LogP contribution in [0.3, 0.4) is 0 Å². The number of nitrogens with zero attached hydrogens (tertiary/aromatic N) is 2. The van der Waals surface area contributed by atoms with Crippen molar-refractivity contribution < 1.29 is 4.74 Å². The van der Waals surface area contributed by atoms with Crippen LogP contribution in [0, 0.1) is 0 Å². The average Bonchev–Trinajstić information content (AvgIpc) is 2.83. The molecule has 96 valence electrons. The van der Waals surface area contributed by atoms with Gasteiger partial charge < -0.3 is 15.0 Å². The van der Waals surface area contributed by atoms with Crippen LogP contribution >= 0.6 is 11.3 Å². The van der Waals surface area contributed by atoms with Crippen LogP contribution in [0.15, 0.2) is 23.1 Å². The van der Waals surface area contributed by atoms with Gasteiger partial charge in [0.2, 0.25) is 5.56 Å². The van der Waals surface area contributed by atoms with Crippen molar-refractivity contribution in [2.45, 2.75) is 6.54 Å². The lowest BCUT2D eigenvalue weighted by Gasteiger charge is -1.99. The highest BCUT2D eigenvalue weighted by atomic mass is 32.1. The Morgan fingerprint density at radius 2 is 2.39 bits per heavy atom. The van der Waals surface area contributed by atoms with Gasteiger partial charge >= 0.3 is 0 Å². The molecule has 2 aromatic heterocycles. The molecule has 0 aromatic carbocycles. The minimum Gasteiger partial charge on any atom is -0.383 e. The number of hydrogen-bond donors (Lipinski definition) is 2. The van der Waals surface area contributed by atoms with E-state index in [9.17, 15) is 4.79 Å². The lowest BCUT2D eigenvalue weighted by molar-refractivity contribution is 0.199. The van der Waals surface area contributed by atoms with Crippen molar-refractivity contribution >= 4 is 11.3 Å². The van der Waals surface area contributed by atoms with Crippen LogP contribution in [0.25, 0.3) is 10.6 Å². The quantitative estimate of drug-likeness (QED) is 0.750. The normalized spacial score (nSPS) is 10.7. The molecule has 6 nitrogen and oxygen atoms in total. The van der Waals surface area contributed by atoms with Crippen molar-refractivity contribution in [1.29, 1.82) is 0 Å². The number of aromatic nitrogens is 3. The van der Waals surface area contributed by atoms with Crippen molar-refractivity contribution in [1.82, 2.24) is 20.5 Å². The van der Waals surface area contributed by atoms with Crippen LogP contribution < -0.4 is 10.9 Å². The molecule has 2 heterocycles. The molecule has 18 heavy (non-hydrogen) atoms. The van der Waals surface area contributed by atoms with E-state index >= 15 is 0 Å². The fourth-order valence-electron chi connectivity index (χ4n) is 1.39. The van der Waals surface area contributed by atoms with E-state index in [1.54, 1.807) is 13.3 Å². The second kappa shape index (κ2) is 6.39. The Labute approximate surface area is 108 Å². The summed E-state index contributed by atoms with van der Waals surface area (Å²) in [5.74, 6) is 0. The van der Waals surface area contributed by atoms with Gasteiger partial charge in [-0.05, 0) is 6.07 Å². The molecule has 0 spiro atoms. The van der Waals surface area contributed by atoms with E-state index in [1.165, 1.54) is 17.4 Å². The highest BCUT2D eigenvalue weighted by molar-refractivity contribution is 7.14. The molecule has 0 bridgehead atoms. The SMILES string of the molecule is COCCNCc1nnc(-c2cc[nH]c(=O)c2)s1. The molecular weight excluding hydrogens is 252 g/mol. The molecule has 0 saturated heterocycles. The highest BCUT2D eigenvalue weighted by Gasteiger charge is 2.06. The fourth-order valence-corrected chi connectivity index (χ4v) is 2.19. The lowest BCUT2D eigenvalue weighted by Crippen LogP contribution is -2.18. The molecule has 0 unspecified atom stereocenters. The Bertz CT molecular complexity index is 552. The summed E-state index contributed by atoms with van der Waals surface area (Å²) in [5.41, 5.74) is 0.655. The van der Waals surface area contributed by atoms with Crippen LogP contribution in [0.1, 0.15) is 5.01 Å². The summed E-state index contributed by atoms with van der Waals surface area (Å²) in [7, 11) is 1.66. The summed E-state index contributed by atoms with van der Waals surface area (Å²) >= 11 is 1.47. The summed E-state index contributed by atoms with van der Waals surface area (Å²) in [6, 6.07) is 3.33. The second-order valence-corrected chi connectivity index (χ2v) is 4.67. The van der Waals surface area contributed by atoms with Gasteiger partial charge in [-0.25, -0.2) is 0 Å². The van der Waals surface area contributed by atoms with Crippen LogP contribution in [0.5, 0.6) is 0 Å². The van der Waals surface area contributed by atoms with Gasteiger partial charge in [0, 0.05) is 38.0 Å². The lowest BCUT2D eigenvalue weighted by atomic mass is 10.3. The smallest absolute Gasteiger partial charge is 0.248 e. The number of rotatable bonds is 6. The number of H-pyrrole nitrogens is 1. The summed E-state index contributed by atoms with van der Waals surface area (Å²) in [6.45, 7) is 2.10. The van der Waals surface area contributed by atoms with Gasteiger partial charge in [-0.1, -0.05) is 11.3 Å². The number of pyridine rings is 1. The number of methoxy groups -OCH3 is 1. The first-order valence-corrected chi connectivity index (χ1v) is 6.32. The van der Waals surface area contributed by atoms with Crippen LogP contribution in [0.4, 0.5) is 0 Å². The first-order chi connectivity index (χ1) is 8.79. The molecular formula is C11H14N4O2S. The predicted molar refractivity (Wildman–Crippen MR) is 69.5 cm³/mol. The van der Waals surface area contributed by atoms with Gasteiger partial charge in [-0.2, -0.15) is 0 Å². The molecule has 2 aromatic rings. The van der Waals surface area contributed by atoms with Crippen molar-refractivity contribution in [3.8, 4) is 10.6 Å². The van der Waals surface area contributed by atoms with Gasteiger partial charge in [0.05, 0.1) is 6.61 Å². The number of aromatic amines is 1.